The Morgan fingerprint density at radius 2 is 1.07 bits per heavy atom. The number of hydrogen-bond acceptors (Lipinski definition) is 6. The van der Waals surface area contributed by atoms with E-state index in [9.17, 15) is 10.2 Å². The van der Waals surface area contributed by atoms with E-state index in [0.29, 0.717) is 11.5 Å². The van der Waals surface area contributed by atoms with Crippen LogP contribution in [-0.4, -0.2) is 72.6 Å². The molecule has 2 fully saturated rings. The minimum absolute atomic E-state index is 0.330. The molecule has 6 heteroatoms. The lowest BCUT2D eigenvalue weighted by atomic mass is 10.1. The minimum Gasteiger partial charge on any atom is -0.508 e. The largest absolute Gasteiger partial charge is 0.508 e. The van der Waals surface area contributed by atoms with Gasteiger partial charge in [0.1, 0.15) is 11.5 Å². The first-order valence-corrected chi connectivity index (χ1v) is 10.6. The van der Waals surface area contributed by atoms with Crippen LogP contribution >= 0.6 is 0 Å². The molecule has 160 valence electrons. The van der Waals surface area contributed by atoms with Gasteiger partial charge in [-0.05, 0) is 35.4 Å². The summed E-state index contributed by atoms with van der Waals surface area (Å²) < 4.78 is 10.8. The van der Waals surface area contributed by atoms with Gasteiger partial charge in [-0.2, -0.15) is 0 Å². The average molecular weight is 411 g/mol. The predicted molar refractivity (Wildman–Crippen MR) is 117 cm³/mol. The lowest BCUT2D eigenvalue weighted by molar-refractivity contribution is 0.0338. The highest BCUT2D eigenvalue weighted by molar-refractivity contribution is 5.71. The van der Waals surface area contributed by atoms with Gasteiger partial charge in [-0.3, -0.25) is 9.80 Å². The van der Waals surface area contributed by atoms with Crippen LogP contribution < -0.4 is 0 Å². The van der Waals surface area contributed by atoms with Crippen LogP contribution in [0.4, 0.5) is 0 Å². The molecule has 6 nitrogen and oxygen atoms in total. The molecule has 2 N–H and O–H groups in total. The Labute approximate surface area is 178 Å². The molecule has 2 aromatic carbocycles. The molecule has 2 aliphatic rings. The topological polar surface area (TPSA) is 65.4 Å². The normalized spacial score (nSPS) is 18.8. The van der Waals surface area contributed by atoms with Crippen LogP contribution in [-0.2, 0) is 22.6 Å². The summed E-state index contributed by atoms with van der Waals surface area (Å²) in [7, 11) is 0. The first-order chi connectivity index (χ1) is 14.7. The monoisotopic (exact) mass is 410 g/mol. The molecule has 0 radical (unpaired) electrons. The Kier molecular flexibility index (Phi) is 7.02. The number of aromatic hydroxyl groups is 2. The van der Waals surface area contributed by atoms with E-state index in [0.717, 1.165) is 87.9 Å². The molecule has 2 saturated heterocycles. The third-order valence-corrected chi connectivity index (χ3v) is 5.67. The molecule has 0 aromatic heterocycles. The maximum atomic E-state index is 10.3. The van der Waals surface area contributed by atoms with Gasteiger partial charge in [0.25, 0.3) is 0 Å². The summed E-state index contributed by atoms with van der Waals surface area (Å²) in [5.41, 5.74) is 3.94. The van der Waals surface area contributed by atoms with Gasteiger partial charge in [0.15, 0.2) is 0 Å². The number of morpholine rings is 2. The van der Waals surface area contributed by atoms with Crippen molar-refractivity contribution in [2.24, 2.45) is 0 Å². The second-order valence-corrected chi connectivity index (χ2v) is 7.89. The summed E-state index contributed by atoms with van der Waals surface area (Å²) in [6.07, 6.45) is 4.10. The number of ether oxygens (including phenoxy) is 2. The number of rotatable bonds is 6. The van der Waals surface area contributed by atoms with Crippen LogP contribution in [0.5, 0.6) is 11.5 Å². The highest BCUT2D eigenvalue weighted by Crippen LogP contribution is 2.24. The van der Waals surface area contributed by atoms with Crippen LogP contribution in [0.2, 0.25) is 0 Å². The number of phenols is 2. The van der Waals surface area contributed by atoms with E-state index in [1.807, 2.05) is 36.4 Å². The first kappa shape index (κ1) is 20.9. The molecule has 2 aliphatic heterocycles. The van der Waals surface area contributed by atoms with Gasteiger partial charge in [-0.25, -0.2) is 0 Å². The molecule has 2 aromatic rings. The highest BCUT2D eigenvalue weighted by atomic mass is 16.5. The smallest absolute Gasteiger partial charge is 0.120 e. The molecular formula is C24H30N2O4. The Hall–Kier alpha value is -2.38. The zero-order valence-corrected chi connectivity index (χ0v) is 17.3. The lowest BCUT2D eigenvalue weighted by Crippen LogP contribution is -2.35. The van der Waals surface area contributed by atoms with E-state index in [4.69, 9.17) is 9.47 Å². The Morgan fingerprint density at radius 3 is 1.47 bits per heavy atom. The van der Waals surface area contributed by atoms with E-state index < -0.39 is 0 Å². The van der Waals surface area contributed by atoms with Gasteiger partial charge in [-0.15, -0.1) is 0 Å². The van der Waals surface area contributed by atoms with Crippen molar-refractivity contribution < 1.29 is 19.7 Å². The summed E-state index contributed by atoms with van der Waals surface area (Å²) in [4.78, 5) is 4.59. The average Bonchev–Trinajstić information content (AvgIpc) is 2.78. The van der Waals surface area contributed by atoms with E-state index in [1.54, 1.807) is 12.1 Å². The standard InChI is InChI=1S/C24H30N2O4/c27-23-5-3-19(15-21(23)17-25-7-11-29-12-8-25)1-2-20-4-6-24(28)22(16-20)18-26-9-13-30-14-10-26/h1-6,15-16,27-28H,7-14,17-18H2/b2-1-. The molecular weight excluding hydrogens is 380 g/mol. The summed E-state index contributed by atoms with van der Waals surface area (Å²) in [6, 6.07) is 11.4. The lowest BCUT2D eigenvalue weighted by Gasteiger charge is -2.27. The minimum atomic E-state index is 0.330. The van der Waals surface area contributed by atoms with Crippen molar-refractivity contribution in [2.45, 2.75) is 13.1 Å². The number of benzene rings is 2. The molecule has 4 rings (SSSR count). The van der Waals surface area contributed by atoms with Gasteiger partial charge < -0.3 is 19.7 Å². The van der Waals surface area contributed by atoms with Gasteiger partial charge >= 0.3 is 0 Å². The molecule has 0 spiro atoms. The van der Waals surface area contributed by atoms with Gasteiger partial charge in [0.05, 0.1) is 26.4 Å². The van der Waals surface area contributed by atoms with E-state index >= 15 is 0 Å². The fourth-order valence-electron chi connectivity index (χ4n) is 3.86. The van der Waals surface area contributed by atoms with Crippen molar-refractivity contribution in [1.82, 2.24) is 9.80 Å². The second-order valence-electron chi connectivity index (χ2n) is 7.89. The van der Waals surface area contributed by atoms with Crippen molar-refractivity contribution in [1.29, 1.82) is 0 Å². The third kappa shape index (κ3) is 5.61. The Balaban J connectivity index is 1.45. The van der Waals surface area contributed by atoms with Crippen LogP contribution in [0.1, 0.15) is 22.3 Å². The van der Waals surface area contributed by atoms with Crippen LogP contribution in [0.15, 0.2) is 36.4 Å². The molecule has 0 unspecified atom stereocenters. The van der Waals surface area contributed by atoms with E-state index in [1.165, 1.54) is 0 Å². The summed E-state index contributed by atoms with van der Waals surface area (Å²) >= 11 is 0. The quantitative estimate of drug-likeness (QED) is 0.714. The summed E-state index contributed by atoms with van der Waals surface area (Å²) in [5.74, 6) is 0.659. The van der Waals surface area contributed by atoms with Crippen LogP contribution in [0, 0.1) is 0 Å². The molecule has 2 heterocycles. The number of nitrogens with zero attached hydrogens (tertiary/aromatic N) is 2. The molecule has 30 heavy (non-hydrogen) atoms. The van der Waals surface area contributed by atoms with E-state index in [2.05, 4.69) is 9.80 Å². The van der Waals surface area contributed by atoms with Gasteiger partial charge in [0.2, 0.25) is 0 Å². The predicted octanol–water partition coefficient (Wildman–Crippen LogP) is 2.93. The third-order valence-electron chi connectivity index (χ3n) is 5.67. The zero-order chi connectivity index (χ0) is 20.8. The number of hydrogen-bond donors (Lipinski definition) is 2. The maximum Gasteiger partial charge on any atom is 0.120 e. The van der Waals surface area contributed by atoms with Crippen molar-refractivity contribution in [3.63, 3.8) is 0 Å². The summed E-state index contributed by atoms with van der Waals surface area (Å²) in [5, 5.41) is 20.5. The van der Waals surface area contributed by atoms with Crippen LogP contribution in [0.25, 0.3) is 12.2 Å². The van der Waals surface area contributed by atoms with Gasteiger partial charge in [0, 0.05) is 50.4 Å². The Bertz CT molecular complexity index is 800. The first-order valence-electron chi connectivity index (χ1n) is 10.6. The molecule has 0 atom stereocenters. The highest BCUT2D eigenvalue weighted by Gasteiger charge is 2.14. The van der Waals surface area contributed by atoms with Crippen molar-refractivity contribution in [2.75, 3.05) is 52.6 Å². The maximum absolute atomic E-state index is 10.3. The molecule has 0 amide bonds. The second kappa shape index (κ2) is 10.1. The fraction of sp³-hybridized carbons (Fsp3) is 0.417. The fourth-order valence-corrected chi connectivity index (χ4v) is 3.86. The van der Waals surface area contributed by atoms with Crippen molar-refractivity contribution >= 4 is 12.2 Å². The Morgan fingerprint density at radius 1 is 0.667 bits per heavy atom. The summed E-state index contributed by atoms with van der Waals surface area (Å²) in [6.45, 7) is 7.97. The van der Waals surface area contributed by atoms with Crippen molar-refractivity contribution in [3.8, 4) is 11.5 Å². The molecule has 0 saturated carbocycles. The van der Waals surface area contributed by atoms with Crippen LogP contribution in [0.3, 0.4) is 0 Å². The molecule has 0 bridgehead atoms. The SMILES string of the molecule is Oc1ccc(/C=C\c2ccc(O)c(CN3CCOCC3)c2)cc1CN1CCOCC1. The van der Waals surface area contributed by atoms with Crippen molar-refractivity contribution in [3.05, 3.63) is 58.7 Å². The van der Waals surface area contributed by atoms with E-state index in [-0.39, 0.29) is 0 Å². The number of phenolic OH excluding ortho intramolecular Hbond substituents is 2. The van der Waals surface area contributed by atoms with Gasteiger partial charge in [-0.1, -0.05) is 24.3 Å². The molecule has 0 aliphatic carbocycles. The zero-order valence-electron chi connectivity index (χ0n) is 17.3.